The Morgan fingerprint density at radius 3 is 2.71 bits per heavy atom. The first-order chi connectivity index (χ1) is 13.6. The number of carbonyl (C=O) groups is 1. The monoisotopic (exact) mass is 386 g/mol. The molecule has 2 aliphatic heterocycles. The Kier molecular flexibility index (Phi) is 5.45. The molecule has 0 saturated carbocycles. The second-order valence-corrected chi connectivity index (χ2v) is 6.99. The molecular weight excluding hydrogens is 363 g/mol. The summed E-state index contributed by atoms with van der Waals surface area (Å²) >= 11 is 0. The zero-order valence-corrected chi connectivity index (χ0v) is 15.5. The van der Waals surface area contributed by atoms with Gasteiger partial charge >= 0.3 is 6.09 Å². The largest absolute Gasteiger partial charge is 0.444 e. The molecule has 0 atom stereocenters. The minimum atomic E-state index is -0.624. The summed E-state index contributed by atoms with van der Waals surface area (Å²) in [6.07, 6.45) is 1.06. The van der Waals surface area contributed by atoms with Gasteiger partial charge in [0.15, 0.2) is 5.79 Å². The normalized spacial score (nSPS) is 18.2. The maximum atomic E-state index is 14.7. The zero-order valence-electron chi connectivity index (χ0n) is 15.5. The average molecular weight is 386 g/mol. The quantitative estimate of drug-likeness (QED) is 0.863. The lowest BCUT2D eigenvalue weighted by atomic mass is 10.0. The van der Waals surface area contributed by atoms with Crippen molar-refractivity contribution >= 4 is 17.5 Å². The maximum Gasteiger partial charge on any atom is 0.411 e. The van der Waals surface area contributed by atoms with Crippen LogP contribution in [0.5, 0.6) is 0 Å². The van der Waals surface area contributed by atoms with Crippen LogP contribution in [-0.2, 0) is 20.8 Å². The lowest BCUT2D eigenvalue weighted by Gasteiger charge is -2.39. The third-order valence-electron chi connectivity index (χ3n) is 4.98. The molecule has 1 N–H and O–H groups in total. The van der Waals surface area contributed by atoms with Gasteiger partial charge in [0, 0.05) is 18.7 Å². The Morgan fingerprint density at radius 2 is 1.96 bits per heavy atom. The Labute approximate surface area is 163 Å². The lowest BCUT2D eigenvalue weighted by molar-refractivity contribution is -0.161. The molecule has 0 aliphatic carbocycles. The third kappa shape index (κ3) is 4.26. The van der Waals surface area contributed by atoms with Gasteiger partial charge in [-0.25, -0.2) is 9.18 Å². The first-order valence-electron chi connectivity index (χ1n) is 9.44. The van der Waals surface area contributed by atoms with Crippen molar-refractivity contribution in [2.75, 3.05) is 36.5 Å². The minimum Gasteiger partial charge on any atom is -0.444 e. The topological polar surface area (TPSA) is 60.0 Å². The Morgan fingerprint density at radius 1 is 1.18 bits per heavy atom. The number of nitrogens with zero attached hydrogens (tertiary/aromatic N) is 1. The van der Waals surface area contributed by atoms with Crippen LogP contribution >= 0.6 is 0 Å². The molecule has 6 nitrogen and oxygen atoms in total. The van der Waals surface area contributed by atoms with Crippen molar-refractivity contribution in [2.24, 2.45) is 0 Å². The number of benzene rings is 2. The summed E-state index contributed by atoms with van der Waals surface area (Å²) < 4.78 is 31.4. The van der Waals surface area contributed by atoms with Crippen LogP contribution in [0, 0.1) is 5.82 Å². The van der Waals surface area contributed by atoms with Gasteiger partial charge in [0.2, 0.25) is 0 Å². The highest BCUT2D eigenvalue weighted by Crippen LogP contribution is 2.34. The van der Waals surface area contributed by atoms with E-state index in [1.54, 1.807) is 12.1 Å². The Hall–Kier alpha value is -2.64. The second kappa shape index (κ2) is 8.16. The fourth-order valence-corrected chi connectivity index (χ4v) is 3.64. The zero-order chi connectivity index (χ0) is 19.4. The van der Waals surface area contributed by atoms with Gasteiger partial charge < -0.3 is 19.1 Å². The summed E-state index contributed by atoms with van der Waals surface area (Å²) in [7, 11) is 0. The van der Waals surface area contributed by atoms with Gasteiger partial charge in [-0.2, -0.15) is 0 Å². The summed E-state index contributed by atoms with van der Waals surface area (Å²) in [5.41, 5.74) is 1.70. The fourth-order valence-electron chi connectivity index (χ4n) is 3.64. The van der Waals surface area contributed by atoms with E-state index in [2.05, 4.69) is 5.32 Å². The first kappa shape index (κ1) is 18.7. The molecule has 28 heavy (non-hydrogen) atoms. The van der Waals surface area contributed by atoms with Crippen molar-refractivity contribution in [3.05, 3.63) is 59.9 Å². The van der Waals surface area contributed by atoms with Crippen LogP contribution < -0.4 is 10.2 Å². The lowest BCUT2D eigenvalue weighted by Crippen LogP contribution is -2.49. The molecule has 4 rings (SSSR count). The molecule has 2 saturated heterocycles. The molecule has 148 valence electrons. The van der Waals surface area contributed by atoms with E-state index in [-0.39, 0.29) is 6.61 Å². The molecule has 2 aromatic rings. The third-order valence-corrected chi connectivity index (χ3v) is 4.98. The Balaban J connectivity index is 1.36. The van der Waals surface area contributed by atoms with E-state index in [1.165, 1.54) is 6.07 Å². The highest BCUT2D eigenvalue weighted by Gasteiger charge is 2.41. The van der Waals surface area contributed by atoms with Crippen LogP contribution in [0.4, 0.5) is 20.6 Å². The summed E-state index contributed by atoms with van der Waals surface area (Å²) in [6.45, 7) is 2.53. The summed E-state index contributed by atoms with van der Waals surface area (Å²) in [5, 5.41) is 2.56. The van der Waals surface area contributed by atoms with E-state index in [4.69, 9.17) is 14.2 Å². The van der Waals surface area contributed by atoms with E-state index in [9.17, 15) is 9.18 Å². The second-order valence-electron chi connectivity index (χ2n) is 6.99. The molecule has 1 spiro atoms. The molecule has 2 heterocycles. The standard InChI is InChI=1S/C21H23FN2O4/c22-18-13-17(23-20(25)26-14-16-5-2-1-3-6-16)7-8-19(18)24-10-4-9-21(15-24)27-11-12-28-21/h1-3,5-8,13H,4,9-12,14-15H2,(H,23,25). The number of carbonyl (C=O) groups excluding carboxylic acids is 1. The molecule has 1 amide bonds. The van der Waals surface area contributed by atoms with Crippen molar-refractivity contribution < 1.29 is 23.4 Å². The highest BCUT2D eigenvalue weighted by molar-refractivity contribution is 5.85. The van der Waals surface area contributed by atoms with E-state index in [1.807, 2.05) is 35.2 Å². The summed E-state index contributed by atoms with van der Waals surface area (Å²) in [5.74, 6) is -1.03. The first-order valence-corrected chi connectivity index (χ1v) is 9.44. The average Bonchev–Trinajstić information content (AvgIpc) is 3.15. The summed E-state index contributed by atoms with van der Waals surface area (Å²) in [6, 6.07) is 14.0. The molecular formula is C21H23FN2O4. The van der Waals surface area contributed by atoms with Crippen LogP contribution in [0.3, 0.4) is 0 Å². The molecule has 2 aliphatic rings. The van der Waals surface area contributed by atoms with Crippen LogP contribution in [0.25, 0.3) is 0 Å². The predicted molar refractivity (Wildman–Crippen MR) is 103 cm³/mol. The van der Waals surface area contributed by atoms with Crippen molar-refractivity contribution in [1.29, 1.82) is 0 Å². The number of ether oxygens (including phenoxy) is 3. The fraction of sp³-hybridized carbons (Fsp3) is 0.381. The molecule has 7 heteroatoms. The van der Waals surface area contributed by atoms with E-state index < -0.39 is 17.7 Å². The molecule has 2 fully saturated rings. The van der Waals surface area contributed by atoms with Gasteiger partial charge in [-0.1, -0.05) is 30.3 Å². The number of piperidine rings is 1. The molecule has 0 radical (unpaired) electrons. The van der Waals surface area contributed by atoms with Crippen LogP contribution in [0.2, 0.25) is 0 Å². The van der Waals surface area contributed by atoms with Crippen molar-refractivity contribution in [2.45, 2.75) is 25.2 Å². The van der Waals surface area contributed by atoms with Gasteiger partial charge in [0.05, 0.1) is 25.4 Å². The SMILES string of the molecule is O=C(Nc1ccc(N2CCCC3(C2)OCCO3)c(F)c1)OCc1ccccc1. The molecule has 0 aromatic heterocycles. The Bertz CT molecular complexity index is 824. The molecule has 2 aromatic carbocycles. The molecule has 0 bridgehead atoms. The number of rotatable bonds is 4. The predicted octanol–water partition coefficient (Wildman–Crippen LogP) is 3.92. The van der Waals surface area contributed by atoms with Crippen molar-refractivity contribution in [3.8, 4) is 0 Å². The van der Waals surface area contributed by atoms with Gasteiger partial charge in [0.25, 0.3) is 0 Å². The number of amides is 1. The van der Waals surface area contributed by atoms with E-state index in [0.717, 1.165) is 24.9 Å². The van der Waals surface area contributed by atoms with Crippen molar-refractivity contribution in [1.82, 2.24) is 0 Å². The van der Waals surface area contributed by atoms with Crippen molar-refractivity contribution in [3.63, 3.8) is 0 Å². The van der Waals surface area contributed by atoms with Crippen LogP contribution in [0.15, 0.2) is 48.5 Å². The van der Waals surface area contributed by atoms with E-state index >= 15 is 0 Å². The van der Waals surface area contributed by atoms with Crippen LogP contribution in [0.1, 0.15) is 18.4 Å². The number of anilines is 2. The number of hydrogen-bond acceptors (Lipinski definition) is 5. The van der Waals surface area contributed by atoms with Gasteiger partial charge in [0.1, 0.15) is 12.4 Å². The minimum absolute atomic E-state index is 0.156. The number of halogens is 1. The van der Waals surface area contributed by atoms with Gasteiger partial charge in [-0.3, -0.25) is 5.32 Å². The van der Waals surface area contributed by atoms with Gasteiger partial charge in [-0.05, 0) is 30.2 Å². The highest BCUT2D eigenvalue weighted by atomic mass is 19.1. The number of nitrogens with one attached hydrogen (secondary N) is 1. The smallest absolute Gasteiger partial charge is 0.411 e. The maximum absolute atomic E-state index is 14.7. The molecule has 0 unspecified atom stereocenters. The van der Waals surface area contributed by atoms with Crippen LogP contribution in [-0.4, -0.2) is 38.2 Å². The summed E-state index contributed by atoms with van der Waals surface area (Å²) in [4.78, 5) is 13.9. The van der Waals surface area contributed by atoms with Gasteiger partial charge in [-0.15, -0.1) is 0 Å². The van der Waals surface area contributed by atoms with E-state index in [0.29, 0.717) is 31.1 Å². The number of hydrogen-bond donors (Lipinski definition) is 1.